The zero-order valence-electron chi connectivity index (χ0n) is 11.5. The lowest BCUT2D eigenvalue weighted by Gasteiger charge is -2.13. The molecule has 0 saturated carbocycles. The SMILES string of the molecule is CC.N#Cc1ccc(NC(=O)C(O)CN)cc1C(F)(F)F. The van der Waals surface area contributed by atoms with Crippen molar-refractivity contribution in [2.75, 3.05) is 11.9 Å². The number of nitrogens with zero attached hydrogens (tertiary/aromatic N) is 1. The van der Waals surface area contributed by atoms with E-state index in [1.807, 2.05) is 13.8 Å². The van der Waals surface area contributed by atoms with Gasteiger partial charge < -0.3 is 16.2 Å². The predicted molar refractivity (Wildman–Crippen MR) is 71.2 cm³/mol. The van der Waals surface area contributed by atoms with E-state index < -0.39 is 29.3 Å². The Labute approximate surface area is 120 Å². The molecular weight excluding hydrogens is 287 g/mol. The van der Waals surface area contributed by atoms with Crippen LogP contribution in [-0.4, -0.2) is 23.7 Å². The first-order chi connectivity index (χ1) is 9.79. The minimum absolute atomic E-state index is 0.177. The van der Waals surface area contributed by atoms with Gasteiger partial charge in [-0.05, 0) is 18.2 Å². The molecule has 5 nitrogen and oxygen atoms in total. The number of hydrogen-bond acceptors (Lipinski definition) is 4. The summed E-state index contributed by atoms with van der Waals surface area (Å²) < 4.78 is 37.9. The van der Waals surface area contributed by atoms with E-state index in [4.69, 9.17) is 16.1 Å². The number of aliphatic hydroxyl groups is 1. The molecule has 0 bridgehead atoms. The van der Waals surface area contributed by atoms with Gasteiger partial charge in [0.2, 0.25) is 0 Å². The van der Waals surface area contributed by atoms with Crippen molar-refractivity contribution in [3.8, 4) is 6.07 Å². The Balaban J connectivity index is 0.00000191. The number of amides is 1. The maximum absolute atomic E-state index is 12.6. The summed E-state index contributed by atoms with van der Waals surface area (Å²) in [6.45, 7) is 3.65. The number of carbonyl (C=O) groups is 1. The molecular formula is C13H16F3N3O2. The molecule has 0 aromatic heterocycles. The quantitative estimate of drug-likeness (QED) is 0.793. The maximum atomic E-state index is 12.6. The van der Waals surface area contributed by atoms with Crippen LogP contribution in [0.15, 0.2) is 18.2 Å². The van der Waals surface area contributed by atoms with Crippen molar-refractivity contribution < 1.29 is 23.1 Å². The van der Waals surface area contributed by atoms with E-state index in [0.717, 1.165) is 12.1 Å². The van der Waals surface area contributed by atoms with Crippen LogP contribution >= 0.6 is 0 Å². The molecule has 1 aromatic carbocycles. The van der Waals surface area contributed by atoms with Crippen molar-refractivity contribution in [2.24, 2.45) is 5.73 Å². The van der Waals surface area contributed by atoms with Crippen molar-refractivity contribution in [3.05, 3.63) is 29.3 Å². The van der Waals surface area contributed by atoms with Crippen LogP contribution in [0.2, 0.25) is 0 Å². The summed E-state index contributed by atoms with van der Waals surface area (Å²) in [7, 11) is 0. The third-order valence-electron chi connectivity index (χ3n) is 2.24. The highest BCUT2D eigenvalue weighted by Gasteiger charge is 2.34. The van der Waals surface area contributed by atoms with Crippen molar-refractivity contribution in [1.82, 2.24) is 0 Å². The summed E-state index contributed by atoms with van der Waals surface area (Å²) in [6, 6.07) is 4.11. The summed E-state index contributed by atoms with van der Waals surface area (Å²) in [5.41, 5.74) is 3.15. The van der Waals surface area contributed by atoms with Gasteiger partial charge in [-0.25, -0.2) is 0 Å². The van der Waals surface area contributed by atoms with Gasteiger partial charge in [-0.15, -0.1) is 0 Å². The summed E-state index contributed by atoms with van der Waals surface area (Å²) in [5, 5.41) is 19.8. The van der Waals surface area contributed by atoms with Gasteiger partial charge in [-0.2, -0.15) is 18.4 Å². The van der Waals surface area contributed by atoms with Crippen LogP contribution in [0.25, 0.3) is 0 Å². The number of halogens is 3. The molecule has 116 valence electrons. The van der Waals surface area contributed by atoms with E-state index in [9.17, 15) is 18.0 Å². The van der Waals surface area contributed by atoms with Crippen molar-refractivity contribution >= 4 is 11.6 Å². The largest absolute Gasteiger partial charge is 0.417 e. The Morgan fingerprint density at radius 3 is 2.48 bits per heavy atom. The first-order valence-electron chi connectivity index (χ1n) is 6.10. The first kappa shape index (κ1) is 18.9. The van der Waals surface area contributed by atoms with Gasteiger partial charge in [0.15, 0.2) is 0 Å². The van der Waals surface area contributed by atoms with Gasteiger partial charge in [-0.3, -0.25) is 4.79 Å². The molecule has 1 aromatic rings. The Bertz CT molecular complexity index is 524. The molecule has 1 amide bonds. The Kier molecular flexibility index (Phi) is 7.41. The molecule has 0 radical (unpaired) electrons. The predicted octanol–water partition coefficient (Wildman–Crippen LogP) is 1.86. The molecule has 4 N–H and O–H groups in total. The van der Waals surface area contributed by atoms with Gasteiger partial charge in [0.1, 0.15) is 6.10 Å². The minimum atomic E-state index is -4.71. The maximum Gasteiger partial charge on any atom is 0.417 e. The van der Waals surface area contributed by atoms with E-state index in [2.05, 4.69) is 5.32 Å². The van der Waals surface area contributed by atoms with E-state index in [1.54, 1.807) is 0 Å². The molecule has 0 saturated heterocycles. The van der Waals surface area contributed by atoms with Crippen molar-refractivity contribution in [2.45, 2.75) is 26.1 Å². The number of rotatable bonds is 3. The monoisotopic (exact) mass is 303 g/mol. The summed E-state index contributed by atoms with van der Waals surface area (Å²) in [4.78, 5) is 11.3. The number of aliphatic hydroxyl groups excluding tert-OH is 1. The lowest BCUT2D eigenvalue weighted by atomic mass is 10.1. The van der Waals surface area contributed by atoms with Crippen LogP contribution in [0.3, 0.4) is 0 Å². The molecule has 0 aliphatic rings. The molecule has 0 fully saturated rings. The Morgan fingerprint density at radius 2 is 2.05 bits per heavy atom. The second kappa shape index (κ2) is 8.24. The number of nitrogens with two attached hydrogens (primary N) is 1. The second-order valence-corrected chi connectivity index (χ2v) is 3.61. The van der Waals surface area contributed by atoms with E-state index in [0.29, 0.717) is 6.07 Å². The number of carbonyl (C=O) groups excluding carboxylic acids is 1. The molecule has 8 heteroatoms. The lowest BCUT2D eigenvalue weighted by Crippen LogP contribution is -2.34. The van der Waals surface area contributed by atoms with Crippen LogP contribution in [0.4, 0.5) is 18.9 Å². The minimum Gasteiger partial charge on any atom is -0.382 e. The van der Waals surface area contributed by atoms with Gasteiger partial charge in [-0.1, -0.05) is 13.8 Å². The van der Waals surface area contributed by atoms with E-state index in [-0.39, 0.29) is 12.2 Å². The molecule has 0 aliphatic carbocycles. The molecule has 0 heterocycles. The zero-order chi connectivity index (χ0) is 16.6. The highest BCUT2D eigenvalue weighted by atomic mass is 19.4. The number of alkyl halides is 3. The third kappa shape index (κ3) is 5.41. The van der Waals surface area contributed by atoms with Gasteiger partial charge in [0.05, 0.1) is 17.2 Å². The molecule has 0 spiro atoms. The summed E-state index contributed by atoms with van der Waals surface area (Å²) in [6.07, 6.45) is -6.22. The number of hydrogen-bond donors (Lipinski definition) is 3. The van der Waals surface area contributed by atoms with Crippen LogP contribution in [0.5, 0.6) is 0 Å². The van der Waals surface area contributed by atoms with E-state index >= 15 is 0 Å². The fourth-order valence-electron chi connectivity index (χ4n) is 1.29. The third-order valence-corrected chi connectivity index (χ3v) is 2.24. The molecule has 21 heavy (non-hydrogen) atoms. The molecule has 0 aliphatic heterocycles. The van der Waals surface area contributed by atoms with Crippen LogP contribution in [0, 0.1) is 11.3 Å². The molecule has 1 atom stereocenters. The van der Waals surface area contributed by atoms with Gasteiger partial charge in [0.25, 0.3) is 5.91 Å². The topological polar surface area (TPSA) is 99.1 Å². The smallest absolute Gasteiger partial charge is 0.382 e. The van der Waals surface area contributed by atoms with Crippen LogP contribution < -0.4 is 11.1 Å². The Morgan fingerprint density at radius 1 is 1.48 bits per heavy atom. The van der Waals surface area contributed by atoms with E-state index in [1.165, 1.54) is 6.07 Å². The first-order valence-corrected chi connectivity index (χ1v) is 6.10. The van der Waals surface area contributed by atoms with Crippen LogP contribution in [-0.2, 0) is 11.0 Å². The molecule has 1 unspecified atom stereocenters. The van der Waals surface area contributed by atoms with Crippen LogP contribution in [0.1, 0.15) is 25.0 Å². The fraction of sp³-hybridized carbons (Fsp3) is 0.385. The van der Waals surface area contributed by atoms with Crippen molar-refractivity contribution in [3.63, 3.8) is 0 Å². The summed E-state index contributed by atoms with van der Waals surface area (Å²) >= 11 is 0. The number of nitrogens with one attached hydrogen (secondary N) is 1. The van der Waals surface area contributed by atoms with Crippen molar-refractivity contribution in [1.29, 1.82) is 5.26 Å². The number of anilines is 1. The number of benzene rings is 1. The Hall–Kier alpha value is -2.11. The highest BCUT2D eigenvalue weighted by molar-refractivity contribution is 5.94. The second-order valence-electron chi connectivity index (χ2n) is 3.61. The average Bonchev–Trinajstić information content (AvgIpc) is 2.47. The number of nitriles is 1. The highest BCUT2D eigenvalue weighted by Crippen LogP contribution is 2.33. The van der Waals surface area contributed by atoms with Gasteiger partial charge in [0, 0.05) is 12.2 Å². The normalized spacial score (nSPS) is 11.7. The molecule has 1 rings (SSSR count). The average molecular weight is 303 g/mol. The lowest BCUT2D eigenvalue weighted by molar-refractivity contribution is -0.137. The zero-order valence-corrected chi connectivity index (χ0v) is 11.5. The standard InChI is InChI=1S/C11H10F3N3O2.C2H6/c12-11(13,14)8-3-7(2-1-6(8)4-15)17-10(19)9(18)5-16;1-2/h1-3,9,18H,5,16H2,(H,17,19);1-2H3. The fourth-order valence-corrected chi connectivity index (χ4v) is 1.29. The summed E-state index contributed by atoms with van der Waals surface area (Å²) in [5.74, 6) is -0.916. The van der Waals surface area contributed by atoms with Gasteiger partial charge >= 0.3 is 6.18 Å².